The molecule has 2 nitrogen and oxygen atoms in total. The van der Waals surface area contributed by atoms with E-state index in [0.717, 1.165) is 5.56 Å². The molecule has 0 saturated heterocycles. The van der Waals surface area contributed by atoms with Gasteiger partial charge in [-0.2, -0.15) is 5.26 Å². The molecule has 0 N–H and O–H groups in total. The summed E-state index contributed by atoms with van der Waals surface area (Å²) in [6, 6.07) is 7.41. The average molecular weight is 264 g/mol. The van der Waals surface area contributed by atoms with Gasteiger partial charge in [0.2, 0.25) is 0 Å². The first-order chi connectivity index (χ1) is 7.94. The Balaban J connectivity index is 2.66. The van der Waals surface area contributed by atoms with Crippen LogP contribution in [0.25, 0.3) is 0 Å². The highest BCUT2D eigenvalue weighted by atomic mass is 35.5. The highest BCUT2D eigenvalue weighted by molar-refractivity contribution is 6.18. The first kappa shape index (κ1) is 13.7. The van der Waals surface area contributed by atoms with Crippen molar-refractivity contribution < 1.29 is 17.9 Å². The Kier molecular flexibility index (Phi) is 4.64. The van der Waals surface area contributed by atoms with Crippen LogP contribution < -0.4 is 4.74 Å². The lowest BCUT2D eigenvalue weighted by molar-refractivity contribution is -0.274. The van der Waals surface area contributed by atoms with E-state index >= 15 is 0 Å². The van der Waals surface area contributed by atoms with Gasteiger partial charge >= 0.3 is 6.36 Å². The molecule has 1 aromatic rings. The molecule has 0 aliphatic rings. The Hall–Kier alpha value is -1.41. The molecular formula is C11H9ClF3NO. The Labute approximate surface area is 102 Å². The van der Waals surface area contributed by atoms with E-state index in [0.29, 0.717) is 6.42 Å². The minimum absolute atomic E-state index is 0.192. The van der Waals surface area contributed by atoms with Gasteiger partial charge in [0.15, 0.2) is 0 Å². The number of alkyl halides is 4. The highest BCUT2D eigenvalue weighted by Crippen LogP contribution is 2.23. The predicted octanol–water partition coefficient (Wildman–Crippen LogP) is 3.51. The van der Waals surface area contributed by atoms with Gasteiger partial charge in [0.25, 0.3) is 0 Å². The van der Waals surface area contributed by atoms with Gasteiger partial charge in [0, 0.05) is 5.88 Å². The maximum absolute atomic E-state index is 11.9. The van der Waals surface area contributed by atoms with Crippen LogP contribution in [0.2, 0.25) is 0 Å². The van der Waals surface area contributed by atoms with E-state index in [1.807, 2.05) is 6.07 Å². The molecule has 0 radical (unpaired) electrons. The minimum Gasteiger partial charge on any atom is -0.406 e. The summed E-state index contributed by atoms with van der Waals surface area (Å²) in [6.07, 6.45) is -4.28. The topological polar surface area (TPSA) is 33.0 Å². The van der Waals surface area contributed by atoms with E-state index in [1.165, 1.54) is 24.3 Å². The standard InChI is InChI=1S/C11H9ClF3NO/c12-6-9(7-16)5-8-1-3-10(4-2-8)17-11(13,14)15/h1-4,9H,5-6H2. The number of benzene rings is 1. The maximum atomic E-state index is 11.9. The average Bonchev–Trinajstić information content (AvgIpc) is 2.26. The molecule has 1 atom stereocenters. The summed E-state index contributed by atoms with van der Waals surface area (Å²) in [7, 11) is 0. The minimum atomic E-state index is -4.69. The quantitative estimate of drug-likeness (QED) is 0.779. The molecular weight excluding hydrogens is 255 g/mol. The molecule has 6 heteroatoms. The van der Waals surface area contributed by atoms with Gasteiger partial charge < -0.3 is 4.74 Å². The van der Waals surface area contributed by atoms with Gasteiger partial charge in [0.1, 0.15) is 5.75 Å². The maximum Gasteiger partial charge on any atom is 0.573 e. The van der Waals surface area contributed by atoms with Crippen molar-refractivity contribution in [2.24, 2.45) is 5.92 Å². The summed E-state index contributed by atoms with van der Waals surface area (Å²) < 4.78 is 39.4. The molecule has 0 bridgehead atoms. The lowest BCUT2D eigenvalue weighted by Crippen LogP contribution is -2.17. The van der Waals surface area contributed by atoms with E-state index in [9.17, 15) is 13.2 Å². The van der Waals surface area contributed by atoms with Gasteiger partial charge in [-0.25, -0.2) is 0 Å². The fourth-order valence-corrected chi connectivity index (χ4v) is 1.42. The van der Waals surface area contributed by atoms with Crippen molar-refractivity contribution in [3.63, 3.8) is 0 Å². The van der Waals surface area contributed by atoms with Crippen LogP contribution >= 0.6 is 11.6 Å². The SMILES string of the molecule is N#CC(CCl)Cc1ccc(OC(F)(F)F)cc1. The first-order valence-corrected chi connectivity index (χ1v) is 5.28. The van der Waals surface area contributed by atoms with E-state index in [2.05, 4.69) is 4.74 Å². The summed E-state index contributed by atoms with van der Waals surface area (Å²) in [5.41, 5.74) is 0.742. The largest absolute Gasteiger partial charge is 0.573 e. The van der Waals surface area contributed by atoms with E-state index in [-0.39, 0.29) is 17.5 Å². The number of halogens is 4. The zero-order chi connectivity index (χ0) is 12.9. The zero-order valence-corrected chi connectivity index (χ0v) is 9.42. The first-order valence-electron chi connectivity index (χ1n) is 4.75. The second-order valence-corrected chi connectivity index (χ2v) is 3.68. The van der Waals surface area contributed by atoms with Crippen LogP contribution in [0.5, 0.6) is 5.75 Å². The summed E-state index contributed by atoms with van der Waals surface area (Å²) in [5.74, 6) is -0.427. The molecule has 0 spiro atoms. The third-order valence-corrected chi connectivity index (χ3v) is 2.38. The van der Waals surface area contributed by atoms with Crippen molar-refractivity contribution in [1.82, 2.24) is 0 Å². The van der Waals surface area contributed by atoms with Crippen LogP contribution in [0.3, 0.4) is 0 Å². The number of ether oxygens (including phenoxy) is 1. The molecule has 1 rings (SSSR count). The highest BCUT2D eigenvalue weighted by Gasteiger charge is 2.30. The van der Waals surface area contributed by atoms with Gasteiger partial charge in [-0.3, -0.25) is 0 Å². The lowest BCUT2D eigenvalue weighted by Gasteiger charge is -2.10. The van der Waals surface area contributed by atoms with Crippen LogP contribution in [0.1, 0.15) is 5.56 Å². The van der Waals surface area contributed by atoms with Crippen LogP contribution in [0.15, 0.2) is 24.3 Å². The summed E-state index contributed by atoms with van der Waals surface area (Å²) in [5, 5.41) is 8.69. The van der Waals surface area contributed by atoms with Crippen LogP contribution in [-0.2, 0) is 6.42 Å². The molecule has 17 heavy (non-hydrogen) atoms. The van der Waals surface area contributed by atoms with Crippen molar-refractivity contribution in [3.05, 3.63) is 29.8 Å². The number of rotatable bonds is 4. The second kappa shape index (κ2) is 5.78. The summed E-state index contributed by atoms with van der Waals surface area (Å²) in [4.78, 5) is 0. The summed E-state index contributed by atoms with van der Waals surface area (Å²) in [6.45, 7) is 0. The smallest absolute Gasteiger partial charge is 0.406 e. The van der Waals surface area contributed by atoms with Crippen molar-refractivity contribution in [3.8, 4) is 11.8 Å². The van der Waals surface area contributed by atoms with Crippen LogP contribution in [0.4, 0.5) is 13.2 Å². The van der Waals surface area contributed by atoms with Crippen molar-refractivity contribution in [1.29, 1.82) is 5.26 Å². The second-order valence-electron chi connectivity index (χ2n) is 3.38. The van der Waals surface area contributed by atoms with Crippen LogP contribution in [0, 0.1) is 17.2 Å². The molecule has 0 aliphatic carbocycles. The normalized spacial score (nSPS) is 12.9. The van der Waals surface area contributed by atoms with E-state index < -0.39 is 6.36 Å². The van der Waals surface area contributed by atoms with Crippen LogP contribution in [-0.4, -0.2) is 12.2 Å². The van der Waals surface area contributed by atoms with Gasteiger partial charge in [0.05, 0.1) is 12.0 Å². The molecule has 0 amide bonds. The molecule has 1 unspecified atom stereocenters. The third kappa shape index (κ3) is 4.96. The number of nitrogens with zero attached hydrogens (tertiary/aromatic N) is 1. The van der Waals surface area contributed by atoms with Gasteiger partial charge in [-0.05, 0) is 24.1 Å². The number of hydrogen-bond donors (Lipinski definition) is 0. The van der Waals surface area contributed by atoms with E-state index in [1.54, 1.807) is 0 Å². The number of nitriles is 1. The fourth-order valence-electron chi connectivity index (χ4n) is 1.25. The van der Waals surface area contributed by atoms with E-state index in [4.69, 9.17) is 16.9 Å². The third-order valence-electron chi connectivity index (χ3n) is 2.01. The molecule has 0 fully saturated rings. The Morgan fingerprint density at radius 1 is 1.29 bits per heavy atom. The van der Waals surface area contributed by atoms with Crippen molar-refractivity contribution in [2.75, 3.05) is 5.88 Å². The monoisotopic (exact) mass is 263 g/mol. The predicted molar refractivity (Wildman–Crippen MR) is 56.7 cm³/mol. The fraction of sp³-hybridized carbons (Fsp3) is 0.364. The summed E-state index contributed by atoms with van der Waals surface area (Å²) >= 11 is 5.54. The lowest BCUT2D eigenvalue weighted by atomic mass is 10.0. The van der Waals surface area contributed by atoms with Crippen molar-refractivity contribution in [2.45, 2.75) is 12.8 Å². The Bertz CT molecular complexity index is 397. The molecule has 0 aliphatic heterocycles. The van der Waals surface area contributed by atoms with Crippen molar-refractivity contribution >= 4 is 11.6 Å². The van der Waals surface area contributed by atoms with Gasteiger partial charge in [-0.15, -0.1) is 24.8 Å². The Morgan fingerprint density at radius 2 is 1.88 bits per heavy atom. The number of hydrogen-bond acceptors (Lipinski definition) is 2. The Morgan fingerprint density at radius 3 is 2.29 bits per heavy atom. The molecule has 92 valence electrons. The molecule has 0 aromatic heterocycles. The molecule has 0 heterocycles. The zero-order valence-electron chi connectivity index (χ0n) is 8.67. The molecule has 1 aromatic carbocycles. The van der Waals surface area contributed by atoms with Gasteiger partial charge in [-0.1, -0.05) is 12.1 Å². The molecule has 0 saturated carbocycles.